The van der Waals surface area contributed by atoms with Crippen molar-refractivity contribution in [2.45, 2.75) is 38.6 Å². The quantitative estimate of drug-likeness (QED) is 0.319. The molecule has 1 saturated heterocycles. The molecule has 0 aromatic rings. The minimum absolute atomic E-state index is 0.139. The lowest BCUT2D eigenvalue weighted by atomic mass is 10.0. The Morgan fingerprint density at radius 1 is 1.47 bits per heavy atom. The molecule has 4 nitrogen and oxygen atoms in total. The third-order valence-electron chi connectivity index (χ3n) is 4.04. The van der Waals surface area contributed by atoms with Crippen molar-refractivity contribution >= 4 is 5.84 Å². The number of hydrogen-bond acceptors (Lipinski definition) is 3. The fraction of sp³-hybridized carbons (Fsp3) is 0.909. The van der Waals surface area contributed by atoms with Gasteiger partial charge in [-0.1, -0.05) is 18.5 Å². The summed E-state index contributed by atoms with van der Waals surface area (Å²) in [5.74, 6) is 2.11. The predicted octanol–water partition coefficient (Wildman–Crippen LogP) is 1.24. The van der Waals surface area contributed by atoms with Crippen LogP contribution in [0.3, 0.4) is 0 Å². The highest BCUT2D eigenvalue weighted by Gasteiger charge is 2.39. The minimum Gasteiger partial charge on any atom is -0.409 e. The maximum atomic E-state index is 8.74. The molecule has 2 rings (SSSR count). The first kappa shape index (κ1) is 10.7. The van der Waals surface area contributed by atoms with Crippen LogP contribution in [-0.2, 0) is 0 Å². The lowest BCUT2D eigenvalue weighted by Crippen LogP contribution is -2.43. The molecule has 2 fully saturated rings. The highest BCUT2D eigenvalue weighted by atomic mass is 16.4. The van der Waals surface area contributed by atoms with E-state index in [9.17, 15) is 0 Å². The van der Waals surface area contributed by atoms with Gasteiger partial charge in [0.05, 0.1) is 6.04 Å². The number of likely N-dealkylation sites (tertiary alicyclic amines) is 1. The van der Waals surface area contributed by atoms with E-state index in [0.29, 0.717) is 5.84 Å². The summed E-state index contributed by atoms with van der Waals surface area (Å²) in [5, 5.41) is 11.9. The first-order valence-corrected chi connectivity index (χ1v) is 5.97. The van der Waals surface area contributed by atoms with E-state index in [0.717, 1.165) is 31.3 Å². The van der Waals surface area contributed by atoms with Crippen molar-refractivity contribution in [2.75, 3.05) is 13.1 Å². The maximum absolute atomic E-state index is 8.74. The van der Waals surface area contributed by atoms with Gasteiger partial charge >= 0.3 is 0 Å². The summed E-state index contributed by atoms with van der Waals surface area (Å²) < 4.78 is 0. The number of oxime groups is 1. The number of nitrogens with two attached hydrogens (primary N) is 1. The number of rotatable bonds is 3. The van der Waals surface area contributed by atoms with Crippen molar-refractivity contribution in [3.05, 3.63) is 0 Å². The molecule has 2 aliphatic rings. The standard InChI is InChI=1S/C11H21N3O/c1-2-10(11(12)13-15)14-6-8-4-3-5-9(8)7-14/h8-10,15H,2-7H2,1H3,(H2,12,13). The Hall–Kier alpha value is -0.770. The Bertz CT molecular complexity index is 242. The van der Waals surface area contributed by atoms with Gasteiger partial charge < -0.3 is 10.9 Å². The van der Waals surface area contributed by atoms with Gasteiger partial charge in [-0.25, -0.2) is 0 Å². The van der Waals surface area contributed by atoms with E-state index in [1.54, 1.807) is 0 Å². The first-order chi connectivity index (χ1) is 7.26. The molecule has 0 radical (unpaired) electrons. The average Bonchev–Trinajstić information content (AvgIpc) is 2.78. The molecule has 4 heteroatoms. The fourth-order valence-electron chi connectivity index (χ4n) is 3.25. The van der Waals surface area contributed by atoms with Gasteiger partial charge in [0, 0.05) is 13.1 Å². The molecule has 0 aromatic heterocycles. The molecule has 3 unspecified atom stereocenters. The Morgan fingerprint density at radius 3 is 2.53 bits per heavy atom. The van der Waals surface area contributed by atoms with Crippen LogP contribution in [0.5, 0.6) is 0 Å². The highest BCUT2D eigenvalue weighted by molar-refractivity contribution is 5.85. The second-order valence-electron chi connectivity index (χ2n) is 4.85. The van der Waals surface area contributed by atoms with Gasteiger partial charge in [0.1, 0.15) is 0 Å². The van der Waals surface area contributed by atoms with E-state index in [1.165, 1.54) is 19.3 Å². The topological polar surface area (TPSA) is 61.9 Å². The Balaban J connectivity index is 1.99. The smallest absolute Gasteiger partial charge is 0.156 e. The van der Waals surface area contributed by atoms with E-state index in [4.69, 9.17) is 10.9 Å². The van der Waals surface area contributed by atoms with Crippen LogP contribution in [0.15, 0.2) is 5.16 Å². The number of nitrogens with zero attached hydrogens (tertiary/aromatic N) is 2. The number of amidine groups is 1. The van der Waals surface area contributed by atoms with Crippen LogP contribution in [-0.4, -0.2) is 35.1 Å². The zero-order valence-electron chi connectivity index (χ0n) is 9.39. The lowest BCUT2D eigenvalue weighted by Gasteiger charge is -2.26. The molecule has 15 heavy (non-hydrogen) atoms. The second-order valence-corrected chi connectivity index (χ2v) is 4.85. The van der Waals surface area contributed by atoms with Crippen LogP contribution in [0.2, 0.25) is 0 Å². The zero-order valence-corrected chi connectivity index (χ0v) is 9.39. The van der Waals surface area contributed by atoms with Gasteiger partial charge in [-0.2, -0.15) is 0 Å². The van der Waals surface area contributed by atoms with Crippen molar-refractivity contribution in [3.8, 4) is 0 Å². The minimum atomic E-state index is 0.139. The van der Waals surface area contributed by atoms with Crippen molar-refractivity contribution in [1.82, 2.24) is 4.90 Å². The zero-order chi connectivity index (χ0) is 10.8. The van der Waals surface area contributed by atoms with Crippen molar-refractivity contribution in [3.63, 3.8) is 0 Å². The van der Waals surface area contributed by atoms with Crippen molar-refractivity contribution < 1.29 is 5.21 Å². The molecule has 0 amide bonds. The molecule has 0 bridgehead atoms. The van der Waals surface area contributed by atoms with E-state index >= 15 is 0 Å². The van der Waals surface area contributed by atoms with Crippen LogP contribution < -0.4 is 5.73 Å². The van der Waals surface area contributed by atoms with E-state index in [1.807, 2.05) is 0 Å². The summed E-state index contributed by atoms with van der Waals surface area (Å²) in [4.78, 5) is 2.39. The third-order valence-corrected chi connectivity index (χ3v) is 4.04. The molecule has 86 valence electrons. The SMILES string of the molecule is CCC(C(N)=NO)N1CC2CCCC2C1. The lowest BCUT2D eigenvalue weighted by molar-refractivity contribution is 0.255. The second kappa shape index (κ2) is 4.39. The van der Waals surface area contributed by atoms with Gasteiger partial charge in [0.15, 0.2) is 5.84 Å². The van der Waals surface area contributed by atoms with E-state index in [-0.39, 0.29) is 6.04 Å². The van der Waals surface area contributed by atoms with E-state index < -0.39 is 0 Å². The Kier molecular flexibility index (Phi) is 3.14. The molecule has 0 spiro atoms. The van der Waals surface area contributed by atoms with E-state index in [2.05, 4.69) is 17.0 Å². The molecule has 1 saturated carbocycles. The molecular formula is C11H21N3O. The average molecular weight is 211 g/mol. The molecule has 1 heterocycles. The molecule has 0 aromatic carbocycles. The predicted molar refractivity (Wildman–Crippen MR) is 59.9 cm³/mol. The van der Waals surface area contributed by atoms with Crippen LogP contribution >= 0.6 is 0 Å². The van der Waals surface area contributed by atoms with Crippen LogP contribution in [0.25, 0.3) is 0 Å². The number of hydrogen-bond donors (Lipinski definition) is 2. The number of fused-ring (bicyclic) bond motifs is 1. The van der Waals surface area contributed by atoms with Crippen LogP contribution in [0.1, 0.15) is 32.6 Å². The Morgan fingerprint density at radius 2 is 2.07 bits per heavy atom. The highest BCUT2D eigenvalue weighted by Crippen LogP contribution is 2.38. The summed E-state index contributed by atoms with van der Waals surface area (Å²) in [5.41, 5.74) is 5.72. The Labute approximate surface area is 91.1 Å². The van der Waals surface area contributed by atoms with Crippen LogP contribution in [0, 0.1) is 11.8 Å². The monoisotopic (exact) mass is 211 g/mol. The van der Waals surface area contributed by atoms with Crippen LogP contribution in [0.4, 0.5) is 0 Å². The molecule has 1 aliphatic heterocycles. The summed E-state index contributed by atoms with van der Waals surface area (Å²) in [6.45, 7) is 4.37. The fourth-order valence-corrected chi connectivity index (χ4v) is 3.25. The van der Waals surface area contributed by atoms with Crippen molar-refractivity contribution in [2.24, 2.45) is 22.7 Å². The van der Waals surface area contributed by atoms with Gasteiger partial charge in [-0.05, 0) is 31.1 Å². The van der Waals surface area contributed by atoms with Gasteiger partial charge in [-0.15, -0.1) is 0 Å². The van der Waals surface area contributed by atoms with Gasteiger partial charge in [0.25, 0.3) is 0 Å². The molecule has 3 atom stereocenters. The summed E-state index contributed by atoms with van der Waals surface area (Å²) in [6, 6.07) is 0.139. The largest absolute Gasteiger partial charge is 0.409 e. The molecule has 3 N–H and O–H groups in total. The normalized spacial score (nSPS) is 34.3. The molecular weight excluding hydrogens is 190 g/mol. The summed E-state index contributed by atoms with van der Waals surface area (Å²) in [6.07, 6.45) is 5.06. The molecule has 1 aliphatic carbocycles. The summed E-state index contributed by atoms with van der Waals surface area (Å²) >= 11 is 0. The summed E-state index contributed by atoms with van der Waals surface area (Å²) in [7, 11) is 0. The van der Waals surface area contributed by atoms with Gasteiger partial charge in [0.2, 0.25) is 0 Å². The van der Waals surface area contributed by atoms with Gasteiger partial charge in [-0.3, -0.25) is 4.90 Å². The first-order valence-electron chi connectivity index (χ1n) is 5.97. The maximum Gasteiger partial charge on any atom is 0.156 e. The third kappa shape index (κ3) is 1.95. The van der Waals surface area contributed by atoms with Crippen molar-refractivity contribution in [1.29, 1.82) is 0 Å².